The quantitative estimate of drug-likeness (QED) is 0.635. The van der Waals surface area contributed by atoms with Gasteiger partial charge in [-0.3, -0.25) is 9.69 Å². The van der Waals surface area contributed by atoms with Gasteiger partial charge < -0.3 is 9.26 Å². The van der Waals surface area contributed by atoms with Crippen molar-refractivity contribution in [3.63, 3.8) is 0 Å². The molecule has 1 atom stereocenters. The first-order chi connectivity index (χ1) is 12.1. The van der Waals surface area contributed by atoms with Crippen molar-refractivity contribution in [2.75, 3.05) is 11.4 Å². The average Bonchev–Trinajstić information content (AvgIpc) is 3.11. The lowest BCUT2D eigenvalue weighted by Crippen LogP contribution is -2.42. The zero-order valence-electron chi connectivity index (χ0n) is 13.5. The van der Waals surface area contributed by atoms with Crippen molar-refractivity contribution >= 4 is 27.5 Å². The molecule has 0 saturated heterocycles. The monoisotopic (exact) mass is 398 g/mol. The van der Waals surface area contributed by atoms with E-state index < -0.39 is 0 Å². The molecule has 3 aromatic rings. The van der Waals surface area contributed by atoms with Crippen LogP contribution in [0.25, 0.3) is 11.3 Å². The minimum absolute atomic E-state index is 0.0864. The summed E-state index contributed by atoms with van der Waals surface area (Å²) in [6, 6.07) is 16.8. The highest BCUT2D eigenvalue weighted by atomic mass is 79.9. The van der Waals surface area contributed by atoms with Gasteiger partial charge in [-0.15, -0.1) is 0 Å². The van der Waals surface area contributed by atoms with Crippen LogP contribution in [0.4, 0.5) is 5.69 Å². The summed E-state index contributed by atoms with van der Waals surface area (Å²) < 4.78 is 12.1. The number of carbonyl (C=O) groups excluding carboxylic acids is 1. The molecule has 6 heteroatoms. The van der Waals surface area contributed by atoms with Gasteiger partial charge in [-0.2, -0.15) is 0 Å². The largest absolute Gasteiger partial charge is 0.487 e. The van der Waals surface area contributed by atoms with Crippen molar-refractivity contribution in [1.82, 2.24) is 5.16 Å². The van der Waals surface area contributed by atoms with Gasteiger partial charge >= 0.3 is 0 Å². The molecule has 0 saturated carbocycles. The third kappa shape index (κ3) is 3.05. The van der Waals surface area contributed by atoms with E-state index >= 15 is 0 Å². The number of ether oxygens (including phenoxy) is 1. The molecule has 0 fully saturated rings. The number of amides is 1. The van der Waals surface area contributed by atoms with E-state index in [4.69, 9.17) is 9.26 Å². The number of nitrogens with zero attached hydrogens (tertiary/aromatic N) is 2. The van der Waals surface area contributed by atoms with Crippen LogP contribution in [-0.2, 0) is 0 Å². The van der Waals surface area contributed by atoms with Crippen LogP contribution in [0.5, 0.6) is 5.75 Å². The SMILES string of the molecule is CC1CN(C(=O)c2cc(-c3ccc(Br)cc3)on2)c2ccccc2O1. The second-order valence-electron chi connectivity index (χ2n) is 5.90. The molecule has 0 bridgehead atoms. The van der Waals surface area contributed by atoms with E-state index in [2.05, 4.69) is 21.1 Å². The Labute approximate surface area is 153 Å². The van der Waals surface area contributed by atoms with Gasteiger partial charge in [0.25, 0.3) is 5.91 Å². The first kappa shape index (κ1) is 15.9. The van der Waals surface area contributed by atoms with E-state index in [0.29, 0.717) is 18.1 Å². The van der Waals surface area contributed by atoms with Gasteiger partial charge in [-0.05, 0) is 31.2 Å². The van der Waals surface area contributed by atoms with Crippen molar-refractivity contribution in [3.05, 3.63) is 64.8 Å². The van der Waals surface area contributed by atoms with Crippen LogP contribution in [0.2, 0.25) is 0 Å². The summed E-state index contributed by atoms with van der Waals surface area (Å²) in [5.74, 6) is 1.06. The second-order valence-corrected chi connectivity index (χ2v) is 6.81. The highest BCUT2D eigenvalue weighted by Gasteiger charge is 2.29. The number of hydrogen-bond acceptors (Lipinski definition) is 4. The van der Waals surface area contributed by atoms with E-state index in [1.54, 1.807) is 11.0 Å². The van der Waals surface area contributed by atoms with Crippen molar-refractivity contribution in [3.8, 4) is 17.1 Å². The summed E-state index contributed by atoms with van der Waals surface area (Å²) in [6.07, 6.45) is -0.0864. The molecular weight excluding hydrogens is 384 g/mol. The van der Waals surface area contributed by atoms with E-state index in [1.165, 1.54) is 0 Å². The Morgan fingerprint density at radius 3 is 2.76 bits per heavy atom. The average molecular weight is 399 g/mol. The maximum absolute atomic E-state index is 12.9. The van der Waals surface area contributed by atoms with Crippen LogP contribution in [0.15, 0.2) is 63.6 Å². The number of carbonyl (C=O) groups is 1. The highest BCUT2D eigenvalue weighted by Crippen LogP contribution is 2.34. The van der Waals surface area contributed by atoms with Gasteiger partial charge in [0.1, 0.15) is 11.9 Å². The molecule has 1 aromatic heterocycles. The second kappa shape index (κ2) is 6.37. The molecular formula is C19H15BrN2O3. The molecule has 2 aromatic carbocycles. The molecule has 0 spiro atoms. The third-order valence-corrected chi connectivity index (χ3v) is 4.56. The lowest BCUT2D eigenvalue weighted by atomic mass is 10.1. The predicted octanol–water partition coefficient (Wildman–Crippen LogP) is 4.53. The molecule has 4 rings (SSSR count). The summed E-state index contributed by atoms with van der Waals surface area (Å²) >= 11 is 3.40. The summed E-state index contributed by atoms with van der Waals surface area (Å²) in [4.78, 5) is 14.6. The van der Waals surface area contributed by atoms with Crippen LogP contribution < -0.4 is 9.64 Å². The van der Waals surface area contributed by atoms with Crippen molar-refractivity contribution in [2.24, 2.45) is 0 Å². The maximum Gasteiger partial charge on any atom is 0.280 e. The Hall–Kier alpha value is -2.60. The number of hydrogen-bond donors (Lipinski definition) is 0. The smallest absolute Gasteiger partial charge is 0.280 e. The topological polar surface area (TPSA) is 55.6 Å². The molecule has 1 unspecified atom stereocenters. The molecule has 126 valence electrons. The van der Waals surface area contributed by atoms with Crippen LogP contribution in [0, 0.1) is 0 Å². The standard InChI is InChI=1S/C19H15BrN2O3/c1-12-11-22(16-4-2-3-5-17(16)24-12)19(23)15-10-18(25-21-15)13-6-8-14(20)9-7-13/h2-10,12H,11H2,1H3. The van der Waals surface area contributed by atoms with E-state index in [1.807, 2.05) is 55.5 Å². The van der Waals surface area contributed by atoms with E-state index in [9.17, 15) is 4.79 Å². The van der Waals surface area contributed by atoms with Crippen LogP contribution >= 0.6 is 15.9 Å². The molecule has 2 heterocycles. The lowest BCUT2D eigenvalue weighted by Gasteiger charge is -2.32. The van der Waals surface area contributed by atoms with Gasteiger partial charge in [0.15, 0.2) is 11.5 Å². The number of anilines is 1. The van der Waals surface area contributed by atoms with Gasteiger partial charge in [-0.25, -0.2) is 0 Å². The first-order valence-corrected chi connectivity index (χ1v) is 8.71. The summed E-state index contributed by atoms with van der Waals surface area (Å²) in [5.41, 5.74) is 1.89. The Kier molecular flexibility index (Phi) is 4.05. The van der Waals surface area contributed by atoms with Gasteiger partial charge in [0.2, 0.25) is 0 Å². The first-order valence-electron chi connectivity index (χ1n) is 7.92. The maximum atomic E-state index is 12.9. The fourth-order valence-corrected chi connectivity index (χ4v) is 3.11. The fraction of sp³-hybridized carbons (Fsp3) is 0.158. The molecule has 5 nitrogen and oxygen atoms in total. The Morgan fingerprint density at radius 1 is 1.20 bits per heavy atom. The van der Waals surface area contributed by atoms with Gasteiger partial charge in [0, 0.05) is 16.1 Å². The third-order valence-electron chi connectivity index (χ3n) is 4.03. The molecule has 0 aliphatic carbocycles. The van der Waals surface area contributed by atoms with Crippen molar-refractivity contribution in [2.45, 2.75) is 13.0 Å². The number of aromatic nitrogens is 1. The van der Waals surface area contributed by atoms with Crippen LogP contribution in [0.3, 0.4) is 0 Å². The normalized spacial score (nSPS) is 16.2. The van der Waals surface area contributed by atoms with Gasteiger partial charge in [0.05, 0.1) is 12.2 Å². The zero-order chi connectivity index (χ0) is 17.4. The van der Waals surface area contributed by atoms with Crippen molar-refractivity contribution in [1.29, 1.82) is 0 Å². The van der Waals surface area contributed by atoms with Gasteiger partial charge in [-0.1, -0.05) is 45.4 Å². The van der Waals surface area contributed by atoms with E-state index in [0.717, 1.165) is 15.7 Å². The minimum Gasteiger partial charge on any atom is -0.487 e. The summed E-state index contributed by atoms with van der Waals surface area (Å²) in [7, 11) is 0. The summed E-state index contributed by atoms with van der Waals surface area (Å²) in [5, 5.41) is 3.97. The molecule has 1 aliphatic rings. The van der Waals surface area contributed by atoms with E-state index in [-0.39, 0.29) is 17.7 Å². The summed E-state index contributed by atoms with van der Waals surface area (Å²) in [6.45, 7) is 2.41. The number of rotatable bonds is 2. The molecule has 0 radical (unpaired) electrons. The Balaban J connectivity index is 1.65. The predicted molar refractivity (Wildman–Crippen MR) is 97.8 cm³/mol. The molecule has 0 N–H and O–H groups in total. The van der Waals surface area contributed by atoms with Crippen molar-refractivity contribution < 1.29 is 14.1 Å². The highest BCUT2D eigenvalue weighted by molar-refractivity contribution is 9.10. The molecule has 1 amide bonds. The minimum atomic E-state index is -0.199. The number of fused-ring (bicyclic) bond motifs is 1. The molecule has 25 heavy (non-hydrogen) atoms. The number of halogens is 1. The van der Waals surface area contributed by atoms with Crippen LogP contribution in [-0.4, -0.2) is 23.7 Å². The Bertz CT molecular complexity index is 920. The zero-order valence-corrected chi connectivity index (χ0v) is 15.1. The number of para-hydroxylation sites is 2. The number of benzene rings is 2. The fourth-order valence-electron chi connectivity index (χ4n) is 2.85. The lowest BCUT2D eigenvalue weighted by molar-refractivity contribution is 0.0952. The Morgan fingerprint density at radius 2 is 1.96 bits per heavy atom. The van der Waals surface area contributed by atoms with Crippen LogP contribution in [0.1, 0.15) is 17.4 Å². The molecule has 1 aliphatic heterocycles.